The molecule has 1 aliphatic heterocycles. The van der Waals surface area contributed by atoms with Crippen LogP contribution in [0.15, 0.2) is 30.5 Å². The number of para-hydroxylation sites is 1. The number of methoxy groups -OCH3 is 1. The lowest BCUT2D eigenvalue weighted by Crippen LogP contribution is -2.42. The van der Waals surface area contributed by atoms with Crippen molar-refractivity contribution >= 4 is 17.9 Å². The highest BCUT2D eigenvalue weighted by molar-refractivity contribution is 5.67. The standard InChI is InChI=1S/C19H26N6O3/c1-3-28-19(26)25-10-8-15(9-11-25)22-18-23-17(13-21-24-18)20-12-14-6-4-5-7-16(14)27-2/h4-7,13,15H,3,8-12H2,1-2H3,(H2,20,22,23,24). The Morgan fingerprint density at radius 2 is 2.07 bits per heavy atom. The van der Waals surface area contributed by atoms with E-state index in [1.54, 1.807) is 18.2 Å². The van der Waals surface area contributed by atoms with Gasteiger partial charge in [0.25, 0.3) is 0 Å². The molecule has 1 amide bonds. The van der Waals surface area contributed by atoms with E-state index in [0.717, 1.165) is 24.2 Å². The van der Waals surface area contributed by atoms with Gasteiger partial charge in [0, 0.05) is 31.2 Å². The van der Waals surface area contributed by atoms with Gasteiger partial charge >= 0.3 is 6.09 Å². The number of rotatable bonds is 7. The highest BCUT2D eigenvalue weighted by Gasteiger charge is 2.24. The Morgan fingerprint density at radius 1 is 1.29 bits per heavy atom. The van der Waals surface area contributed by atoms with Crippen molar-refractivity contribution in [3.63, 3.8) is 0 Å². The number of carbonyl (C=O) groups excluding carboxylic acids is 1. The third kappa shape index (κ3) is 5.21. The Labute approximate surface area is 164 Å². The molecule has 2 N–H and O–H groups in total. The van der Waals surface area contributed by atoms with Gasteiger partial charge in [0.1, 0.15) is 5.75 Å². The molecule has 9 heteroatoms. The minimum absolute atomic E-state index is 0.192. The molecule has 0 spiro atoms. The fraction of sp³-hybridized carbons (Fsp3) is 0.474. The van der Waals surface area contributed by atoms with E-state index in [-0.39, 0.29) is 12.1 Å². The van der Waals surface area contributed by atoms with Crippen LogP contribution in [0, 0.1) is 0 Å². The molecular weight excluding hydrogens is 360 g/mol. The van der Waals surface area contributed by atoms with Crippen LogP contribution in [0.3, 0.4) is 0 Å². The summed E-state index contributed by atoms with van der Waals surface area (Å²) in [4.78, 5) is 18.0. The summed E-state index contributed by atoms with van der Waals surface area (Å²) < 4.78 is 10.4. The van der Waals surface area contributed by atoms with Crippen LogP contribution in [0.5, 0.6) is 5.75 Å². The third-order valence-corrected chi connectivity index (χ3v) is 4.57. The summed E-state index contributed by atoms with van der Waals surface area (Å²) in [5.41, 5.74) is 1.03. The van der Waals surface area contributed by atoms with E-state index in [4.69, 9.17) is 9.47 Å². The quantitative estimate of drug-likeness (QED) is 0.749. The molecule has 2 heterocycles. The topological polar surface area (TPSA) is 102 Å². The minimum Gasteiger partial charge on any atom is -0.496 e. The summed E-state index contributed by atoms with van der Waals surface area (Å²) >= 11 is 0. The van der Waals surface area contributed by atoms with E-state index in [1.165, 1.54) is 0 Å². The van der Waals surface area contributed by atoms with Gasteiger partial charge in [-0.1, -0.05) is 18.2 Å². The first-order chi connectivity index (χ1) is 13.7. The van der Waals surface area contributed by atoms with Gasteiger partial charge in [-0.15, -0.1) is 5.10 Å². The highest BCUT2D eigenvalue weighted by Crippen LogP contribution is 2.19. The van der Waals surface area contributed by atoms with E-state index >= 15 is 0 Å². The normalized spacial score (nSPS) is 14.4. The molecule has 0 unspecified atom stereocenters. The zero-order valence-electron chi connectivity index (χ0n) is 16.2. The van der Waals surface area contributed by atoms with Crippen molar-refractivity contribution < 1.29 is 14.3 Å². The molecule has 0 radical (unpaired) electrons. The zero-order chi connectivity index (χ0) is 19.8. The molecule has 0 bridgehead atoms. The van der Waals surface area contributed by atoms with Gasteiger partial charge in [-0.05, 0) is 25.8 Å². The monoisotopic (exact) mass is 386 g/mol. The second-order valence-electron chi connectivity index (χ2n) is 6.44. The Kier molecular flexibility index (Phi) is 6.83. The average Bonchev–Trinajstić information content (AvgIpc) is 2.73. The van der Waals surface area contributed by atoms with E-state index < -0.39 is 0 Å². The first kappa shape index (κ1) is 19.7. The van der Waals surface area contributed by atoms with Crippen molar-refractivity contribution in [2.24, 2.45) is 0 Å². The fourth-order valence-corrected chi connectivity index (χ4v) is 3.09. The molecule has 9 nitrogen and oxygen atoms in total. The van der Waals surface area contributed by atoms with Crippen molar-refractivity contribution in [1.82, 2.24) is 20.1 Å². The third-order valence-electron chi connectivity index (χ3n) is 4.57. The summed E-state index contributed by atoms with van der Waals surface area (Å²) in [6.07, 6.45) is 2.95. The number of hydrogen-bond acceptors (Lipinski definition) is 8. The highest BCUT2D eigenvalue weighted by atomic mass is 16.6. The Morgan fingerprint density at radius 3 is 2.82 bits per heavy atom. The number of piperidine rings is 1. The maximum atomic E-state index is 11.8. The lowest BCUT2D eigenvalue weighted by Gasteiger charge is -2.31. The van der Waals surface area contributed by atoms with Crippen molar-refractivity contribution in [2.75, 3.05) is 37.4 Å². The Bertz CT molecular complexity index is 780. The maximum absolute atomic E-state index is 11.8. The number of hydrogen-bond donors (Lipinski definition) is 2. The van der Waals surface area contributed by atoms with Gasteiger partial charge in [0.15, 0.2) is 5.82 Å². The maximum Gasteiger partial charge on any atom is 0.409 e. The molecule has 3 rings (SSSR count). The predicted octanol–water partition coefficient (Wildman–Crippen LogP) is 2.53. The van der Waals surface area contributed by atoms with Gasteiger partial charge in [-0.3, -0.25) is 0 Å². The molecule has 2 aromatic rings. The van der Waals surface area contributed by atoms with Crippen LogP contribution in [0.4, 0.5) is 16.6 Å². The van der Waals surface area contributed by atoms with Gasteiger partial charge in [0.05, 0.1) is 19.9 Å². The predicted molar refractivity (Wildman–Crippen MR) is 105 cm³/mol. The molecule has 0 atom stereocenters. The molecule has 0 saturated carbocycles. The number of anilines is 2. The van der Waals surface area contributed by atoms with Gasteiger partial charge in [0.2, 0.25) is 5.95 Å². The van der Waals surface area contributed by atoms with E-state index in [2.05, 4.69) is 25.8 Å². The SMILES string of the molecule is CCOC(=O)N1CCC(Nc2nncc(NCc3ccccc3OC)n2)CC1. The summed E-state index contributed by atoms with van der Waals surface area (Å²) in [6.45, 7) is 4.07. The zero-order valence-corrected chi connectivity index (χ0v) is 16.2. The van der Waals surface area contributed by atoms with Crippen molar-refractivity contribution in [2.45, 2.75) is 32.4 Å². The fourth-order valence-electron chi connectivity index (χ4n) is 3.09. The van der Waals surface area contributed by atoms with Crippen LogP contribution in [0.2, 0.25) is 0 Å². The summed E-state index contributed by atoms with van der Waals surface area (Å²) in [6, 6.07) is 8.01. The number of likely N-dealkylation sites (tertiary alicyclic amines) is 1. The smallest absolute Gasteiger partial charge is 0.409 e. The summed E-state index contributed by atoms with van der Waals surface area (Å²) in [7, 11) is 1.65. The number of carbonyl (C=O) groups is 1. The van der Waals surface area contributed by atoms with E-state index in [1.807, 2.05) is 31.2 Å². The molecule has 1 aromatic carbocycles. The van der Waals surface area contributed by atoms with Gasteiger partial charge < -0.3 is 25.0 Å². The largest absolute Gasteiger partial charge is 0.496 e. The minimum atomic E-state index is -0.249. The molecule has 28 heavy (non-hydrogen) atoms. The summed E-state index contributed by atoms with van der Waals surface area (Å²) in [5.74, 6) is 1.93. The van der Waals surface area contributed by atoms with Crippen LogP contribution in [-0.2, 0) is 11.3 Å². The van der Waals surface area contributed by atoms with Crippen molar-refractivity contribution in [3.05, 3.63) is 36.0 Å². The lowest BCUT2D eigenvalue weighted by molar-refractivity contribution is 0.0983. The first-order valence-electron chi connectivity index (χ1n) is 9.43. The number of nitrogens with one attached hydrogen (secondary N) is 2. The molecule has 1 fully saturated rings. The van der Waals surface area contributed by atoms with Gasteiger partial charge in [-0.25, -0.2) is 4.79 Å². The Hall–Kier alpha value is -3.10. The molecule has 150 valence electrons. The number of amides is 1. The number of benzene rings is 1. The van der Waals surface area contributed by atoms with Crippen molar-refractivity contribution in [3.8, 4) is 5.75 Å². The average molecular weight is 386 g/mol. The second-order valence-corrected chi connectivity index (χ2v) is 6.44. The summed E-state index contributed by atoms with van der Waals surface area (Å²) in [5, 5.41) is 14.6. The number of nitrogens with zero attached hydrogens (tertiary/aromatic N) is 4. The van der Waals surface area contributed by atoms with Crippen LogP contribution in [-0.4, -0.2) is 59.0 Å². The Balaban J connectivity index is 1.52. The number of aromatic nitrogens is 3. The second kappa shape index (κ2) is 9.72. The van der Waals surface area contributed by atoms with Crippen LogP contribution in [0.1, 0.15) is 25.3 Å². The van der Waals surface area contributed by atoms with Crippen LogP contribution < -0.4 is 15.4 Å². The molecule has 1 aliphatic rings. The van der Waals surface area contributed by atoms with Crippen LogP contribution >= 0.6 is 0 Å². The molecular formula is C19H26N6O3. The van der Waals surface area contributed by atoms with E-state index in [9.17, 15) is 4.79 Å². The number of ether oxygens (including phenoxy) is 2. The van der Waals surface area contributed by atoms with E-state index in [0.29, 0.717) is 38.0 Å². The molecule has 0 aliphatic carbocycles. The van der Waals surface area contributed by atoms with Crippen molar-refractivity contribution in [1.29, 1.82) is 0 Å². The molecule has 1 aromatic heterocycles. The van der Waals surface area contributed by atoms with Gasteiger partial charge in [-0.2, -0.15) is 10.1 Å². The molecule has 1 saturated heterocycles. The lowest BCUT2D eigenvalue weighted by atomic mass is 10.1. The first-order valence-corrected chi connectivity index (χ1v) is 9.43. The van der Waals surface area contributed by atoms with Crippen LogP contribution in [0.25, 0.3) is 0 Å².